The third-order valence-electron chi connectivity index (χ3n) is 0.745. The number of rotatable bonds is 3. The van der Waals surface area contributed by atoms with Crippen molar-refractivity contribution >= 4 is 6.16 Å². The number of hydrogen-bond acceptors (Lipinski definition) is 4. The highest BCUT2D eigenvalue weighted by molar-refractivity contribution is 5.59. The molecular formula is C6H12O4. The molecule has 0 radical (unpaired) electrons. The molecule has 0 aromatic rings. The number of carbonyl (C=O) groups excluding carboxylic acids is 1. The Morgan fingerprint density at radius 3 is 2.50 bits per heavy atom. The van der Waals surface area contributed by atoms with Gasteiger partial charge in [-0.25, -0.2) is 4.79 Å². The molecule has 10 heavy (non-hydrogen) atoms. The van der Waals surface area contributed by atoms with Gasteiger partial charge in [0.2, 0.25) is 0 Å². The molecule has 4 nitrogen and oxygen atoms in total. The lowest BCUT2D eigenvalue weighted by atomic mass is 10.5. The molecule has 0 spiro atoms. The summed E-state index contributed by atoms with van der Waals surface area (Å²) >= 11 is 0. The molecule has 0 amide bonds. The first kappa shape index (κ1) is 9.23. The predicted octanol–water partition coefficient (Wildman–Crippen LogP) is 1.15. The van der Waals surface area contributed by atoms with E-state index in [9.17, 15) is 4.79 Å². The van der Waals surface area contributed by atoms with Crippen LogP contribution in [0, 0.1) is 0 Å². The fraction of sp³-hybridized carbons (Fsp3) is 0.833. The zero-order chi connectivity index (χ0) is 7.98. The summed E-state index contributed by atoms with van der Waals surface area (Å²) < 4.78 is 13.5. The first-order chi connectivity index (χ1) is 4.66. The highest BCUT2D eigenvalue weighted by atomic mass is 16.8. The molecule has 0 aliphatic carbocycles. The van der Waals surface area contributed by atoms with Gasteiger partial charge in [-0.15, -0.1) is 0 Å². The highest BCUT2D eigenvalue weighted by Crippen LogP contribution is 1.89. The lowest BCUT2D eigenvalue weighted by Crippen LogP contribution is -2.11. The van der Waals surface area contributed by atoms with Gasteiger partial charge in [-0.05, 0) is 13.8 Å². The van der Waals surface area contributed by atoms with Crippen LogP contribution in [0.15, 0.2) is 0 Å². The van der Waals surface area contributed by atoms with E-state index in [2.05, 4.69) is 9.47 Å². The quantitative estimate of drug-likeness (QED) is 0.445. The Balaban J connectivity index is 3.12. The van der Waals surface area contributed by atoms with Gasteiger partial charge in [-0.3, -0.25) is 0 Å². The van der Waals surface area contributed by atoms with Gasteiger partial charge in [0.05, 0.1) is 13.2 Å². The van der Waals surface area contributed by atoms with Crippen molar-refractivity contribution < 1.29 is 19.0 Å². The van der Waals surface area contributed by atoms with Crippen LogP contribution < -0.4 is 0 Å². The van der Waals surface area contributed by atoms with Crippen molar-refractivity contribution in [1.29, 1.82) is 0 Å². The summed E-state index contributed by atoms with van der Waals surface area (Å²) in [6.45, 7) is 3.64. The zero-order valence-corrected chi connectivity index (χ0v) is 6.42. The van der Waals surface area contributed by atoms with Crippen molar-refractivity contribution in [1.82, 2.24) is 0 Å². The van der Waals surface area contributed by atoms with Crippen molar-refractivity contribution in [3.63, 3.8) is 0 Å². The first-order valence-electron chi connectivity index (χ1n) is 2.99. The molecule has 0 N–H and O–H groups in total. The Bertz CT molecular complexity index is 99.9. The third-order valence-corrected chi connectivity index (χ3v) is 0.745. The molecule has 0 aromatic heterocycles. The Hall–Kier alpha value is -0.770. The van der Waals surface area contributed by atoms with Crippen molar-refractivity contribution in [3.8, 4) is 0 Å². The van der Waals surface area contributed by atoms with E-state index >= 15 is 0 Å². The summed E-state index contributed by atoms with van der Waals surface area (Å²) in [6, 6.07) is 0. The summed E-state index contributed by atoms with van der Waals surface area (Å²) in [6.07, 6.45) is -0.662. The second kappa shape index (κ2) is 5.05. The van der Waals surface area contributed by atoms with E-state index in [0.717, 1.165) is 0 Å². The monoisotopic (exact) mass is 148 g/mol. The second-order valence-electron chi connectivity index (χ2n) is 1.93. The van der Waals surface area contributed by atoms with E-state index in [1.165, 1.54) is 7.11 Å². The molecule has 0 heterocycles. The van der Waals surface area contributed by atoms with Crippen LogP contribution in [0.4, 0.5) is 4.79 Å². The molecule has 0 aliphatic rings. The van der Waals surface area contributed by atoms with Gasteiger partial charge >= 0.3 is 6.16 Å². The minimum atomic E-state index is -0.722. The molecule has 0 aliphatic heterocycles. The molecule has 0 saturated carbocycles. The number of methoxy groups -OCH3 is 1. The third kappa shape index (κ3) is 5.37. The van der Waals surface area contributed by atoms with Crippen LogP contribution in [0.3, 0.4) is 0 Å². The van der Waals surface area contributed by atoms with Gasteiger partial charge in [-0.2, -0.15) is 0 Å². The molecule has 0 rings (SSSR count). The molecule has 60 valence electrons. The fourth-order valence-corrected chi connectivity index (χ4v) is 0.277. The molecule has 0 unspecified atom stereocenters. The van der Waals surface area contributed by atoms with Crippen molar-refractivity contribution in [2.45, 2.75) is 20.0 Å². The number of carbonyl (C=O) groups is 1. The smallest absolute Gasteiger partial charge is 0.438 e. The normalized spacial score (nSPS) is 9.60. The average Bonchev–Trinajstić information content (AvgIpc) is 1.87. The molecule has 0 saturated heterocycles. The maximum absolute atomic E-state index is 10.3. The Kier molecular flexibility index (Phi) is 4.66. The summed E-state index contributed by atoms with van der Waals surface area (Å²) in [7, 11) is 1.25. The highest BCUT2D eigenvalue weighted by Gasteiger charge is 1.99. The van der Waals surface area contributed by atoms with Gasteiger partial charge in [0.25, 0.3) is 0 Å². The van der Waals surface area contributed by atoms with Crippen molar-refractivity contribution in [2.75, 3.05) is 13.9 Å². The summed E-state index contributed by atoms with van der Waals surface area (Å²) in [5, 5.41) is 0. The maximum atomic E-state index is 10.3. The first-order valence-corrected chi connectivity index (χ1v) is 2.99. The van der Waals surface area contributed by atoms with E-state index in [1.54, 1.807) is 0 Å². The Morgan fingerprint density at radius 2 is 2.10 bits per heavy atom. The molecule has 0 aromatic carbocycles. The van der Waals surface area contributed by atoms with Crippen LogP contribution in [0.1, 0.15) is 13.8 Å². The van der Waals surface area contributed by atoms with Crippen LogP contribution >= 0.6 is 0 Å². The van der Waals surface area contributed by atoms with Crippen LogP contribution in [0.25, 0.3) is 0 Å². The zero-order valence-electron chi connectivity index (χ0n) is 6.42. The van der Waals surface area contributed by atoms with E-state index in [1.807, 2.05) is 13.8 Å². The summed E-state index contributed by atoms with van der Waals surface area (Å²) in [5.74, 6) is 0. The average molecular weight is 148 g/mol. The Labute approximate surface area is 60.1 Å². The van der Waals surface area contributed by atoms with Crippen LogP contribution in [-0.4, -0.2) is 26.2 Å². The summed E-state index contributed by atoms with van der Waals surface area (Å²) in [4.78, 5) is 10.3. The van der Waals surface area contributed by atoms with E-state index < -0.39 is 6.16 Å². The SMILES string of the molecule is COC(=O)OCOC(C)C. The van der Waals surface area contributed by atoms with Crippen molar-refractivity contribution in [2.24, 2.45) is 0 Å². The van der Waals surface area contributed by atoms with Gasteiger partial charge in [0.1, 0.15) is 0 Å². The number of hydrogen-bond donors (Lipinski definition) is 0. The standard InChI is InChI=1S/C6H12O4/c1-5(2)9-4-10-6(7)8-3/h5H,4H2,1-3H3. The molecule has 0 fully saturated rings. The largest absolute Gasteiger partial charge is 0.510 e. The van der Waals surface area contributed by atoms with Gasteiger partial charge < -0.3 is 14.2 Å². The topological polar surface area (TPSA) is 44.8 Å². The minimum Gasteiger partial charge on any atom is -0.438 e. The van der Waals surface area contributed by atoms with Crippen LogP contribution in [0.5, 0.6) is 0 Å². The van der Waals surface area contributed by atoms with E-state index in [-0.39, 0.29) is 12.9 Å². The fourth-order valence-electron chi connectivity index (χ4n) is 0.277. The van der Waals surface area contributed by atoms with Gasteiger partial charge in [0.15, 0.2) is 6.79 Å². The predicted molar refractivity (Wildman–Crippen MR) is 34.6 cm³/mol. The van der Waals surface area contributed by atoms with Gasteiger partial charge in [-0.1, -0.05) is 0 Å². The number of ether oxygens (including phenoxy) is 3. The van der Waals surface area contributed by atoms with Crippen LogP contribution in [-0.2, 0) is 14.2 Å². The molecule has 4 heteroatoms. The second-order valence-corrected chi connectivity index (χ2v) is 1.93. The maximum Gasteiger partial charge on any atom is 0.510 e. The van der Waals surface area contributed by atoms with Crippen molar-refractivity contribution in [3.05, 3.63) is 0 Å². The van der Waals surface area contributed by atoms with Gasteiger partial charge in [0, 0.05) is 0 Å². The lowest BCUT2D eigenvalue weighted by molar-refractivity contribution is -0.0621. The minimum absolute atomic E-state index is 0.0513. The molecule has 0 atom stereocenters. The summed E-state index contributed by atoms with van der Waals surface area (Å²) in [5.41, 5.74) is 0. The van der Waals surface area contributed by atoms with Crippen LogP contribution in [0.2, 0.25) is 0 Å². The molecular weight excluding hydrogens is 136 g/mol. The van der Waals surface area contributed by atoms with E-state index in [0.29, 0.717) is 0 Å². The lowest BCUT2D eigenvalue weighted by Gasteiger charge is -2.06. The molecule has 0 bridgehead atoms. The van der Waals surface area contributed by atoms with E-state index in [4.69, 9.17) is 4.74 Å². The Morgan fingerprint density at radius 1 is 1.50 bits per heavy atom.